The molecule has 0 aliphatic rings. The Hall–Kier alpha value is -1.93. The fourth-order valence-electron chi connectivity index (χ4n) is 1.46. The van der Waals surface area contributed by atoms with E-state index in [0.717, 1.165) is 6.07 Å². The highest BCUT2D eigenvalue weighted by atomic mass is 79.9. The number of rotatable bonds is 3. The summed E-state index contributed by atoms with van der Waals surface area (Å²) in [4.78, 5) is 3.80. The maximum absolute atomic E-state index is 13.6. The minimum absolute atomic E-state index is 0.104. The van der Waals surface area contributed by atoms with Crippen molar-refractivity contribution in [3.8, 4) is 11.6 Å². The molecule has 21 heavy (non-hydrogen) atoms. The van der Waals surface area contributed by atoms with Crippen LogP contribution in [0, 0.1) is 11.6 Å². The van der Waals surface area contributed by atoms with Crippen molar-refractivity contribution in [2.45, 2.75) is 0 Å². The summed E-state index contributed by atoms with van der Waals surface area (Å²) < 4.78 is 32.4. The minimum atomic E-state index is -1.19. The number of nitrogens with two attached hydrogens (primary N) is 1. The van der Waals surface area contributed by atoms with Gasteiger partial charge in [0.05, 0.1) is 0 Å². The predicted molar refractivity (Wildman–Crippen MR) is 75.9 cm³/mol. The first-order valence-corrected chi connectivity index (χ1v) is 6.56. The van der Waals surface area contributed by atoms with E-state index in [9.17, 15) is 8.78 Å². The van der Waals surface area contributed by atoms with Crippen molar-refractivity contribution in [1.82, 2.24) is 4.98 Å². The summed E-state index contributed by atoms with van der Waals surface area (Å²) in [7, 11) is 0. The molecule has 0 saturated carbocycles. The van der Waals surface area contributed by atoms with Gasteiger partial charge in [0.15, 0.2) is 17.4 Å². The number of hydrogen-bond acceptors (Lipinski definition) is 4. The number of hydrogen-bond donors (Lipinski definition) is 2. The van der Waals surface area contributed by atoms with E-state index in [1.54, 1.807) is 0 Å². The van der Waals surface area contributed by atoms with E-state index in [0.29, 0.717) is 0 Å². The van der Waals surface area contributed by atoms with Crippen molar-refractivity contribution in [1.29, 1.82) is 0 Å². The number of nitrogens with zero attached hydrogens (tertiary/aromatic N) is 2. The molecule has 1 aromatic heterocycles. The van der Waals surface area contributed by atoms with E-state index in [4.69, 9.17) is 27.3 Å². The fraction of sp³-hybridized carbons (Fsp3) is 0. The first-order valence-electron chi connectivity index (χ1n) is 5.38. The van der Waals surface area contributed by atoms with Crippen LogP contribution in [0.3, 0.4) is 0 Å². The Balaban J connectivity index is 2.46. The summed E-state index contributed by atoms with van der Waals surface area (Å²) in [6.45, 7) is 0. The van der Waals surface area contributed by atoms with Crippen LogP contribution in [-0.4, -0.2) is 16.0 Å². The predicted octanol–water partition coefficient (Wildman–Crippen LogP) is 3.66. The first-order chi connectivity index (χ1) is 9.93. The maximum Gasteiger partial charge on any atom is 0.239 e. The standard InChI is InChI=1S/C12H7BrClF2N3O2/c13-5-3-7(15)10(16)8(4-5)21-12-9(14)6(1-2-18-12)11(17)19-20/h1-4,20H,(H2,17,19). The fourth-order valence-corrected chi connectivity index (χ4v) is 2.11. The van der Waals surface area contributed by atoms with Gasteiger partial charge in [-0.3, -0.25) is 0 Å². The molecule has 0 unspecified atom stereocenters. The Labute approximate surface area is 131 Å². The summed E-state index contributed by atoms with van der Waals surface area (Å²) >= 11 is 8.99. The van der Waals surface area contributed by atoms with Gasteiger partial charge in [-0.05, 0) is 18.2 Å². The maximum atomic E-state index is 13.6. The van der Waals surface area contributed by atoms with E-state index in [2.05, 4.69) is 26.1 Å². The molecule has 5 nitrogen and oxygen atoms in total. The average Bonchev–Trinajstić information content (AvgIpc) is 2.45. The van der Waals surface area contributed by atoms with Gasteiger partial charge >= 0.3 is 0 Å². The van der Waals surface area contributed by atoms with E-state index >= 15 is 0 Å². The number of oxime groups is 1. The summed E-state index contributed by atoms with van der Waals surface area (Å²) in [5.74, 6) is -3.17. The zero-order valence-electron chi connectivity index (χ0n) is 10.1. The second-order valence-electron chi connectivity index (χ2n) is 3.76. The van der Waals surface area contributed by atoms with Crippen molar-refractivity contribution in [2.75, 3.05) is 0 Å². The summed E-state index contributed by atoms with van der Waals surface area (Å²) in [5, 5.41) is 11.3. The number of benzene rings is 1. The molecule has 0 amide bonds. The lowest BCUT2D eigenvalue weighted by Gasteiger charge is -2.10. The molecule has 0 bridgehead atoms. The smallest absolute Gasteiger partial charge is 0.239 e. The second kappa shape index (κ2) is 6.23. The van der Waals surface area contributed by atoms with Gasteiger partial charge in [0.1, 0.15) is 5.02 Å². The topological polar surface area (TPSA) is 80.7 Å². The third-order valence-corrected chi connectivity index (χ3v) is 3.23. The van der Waals surface area contributed by atoms with Gasteiger partial charge in [-0.2, -0.15) is 4.39 Å². The molecule has 9 heteroatoms. The molecule has 0 aliphatic carbocycles. The van der Waals surface area contributed by atoms with Crippen LogP contribution >= 0.6 is 27.5 Å². The molecular weight excluding hydrogens is 372 g/mol. The van der Waals surface area contributed by atoms with Crippen molar-refractivity contribution >= 4 is 33.4 Å². The van der Waals surface area contributed by atoms with Gasteiger partial charge in [-0.15, -0.1) is 0 Å². The van der Waals surface area contributed by atoms with Crippen molar-refractivity contribution in [2.24, 2.45) is 10.9 Å². The Kier molecular flexibility index (Phi) is 4.59. The second-order valence-corrected chi connectivity index (χ2v) is 5.06. The van der Waals surface area contributed by atoms with Crippen LogP contribution in [0.25, 0.3) is 0 Å². The molecule has 1 heterocycles. The molecule has 0 radical (unpaired) electrons. The molecule has 0 atom stereocenters. The SMILES string of the molecule is N/C(=N/O)c1ccnc(Oc2cc(Br)cc(F)c2F)c1Cl. The van der Waals surface area contributed by atoms with Crippen LogP contribution in [0.2, 0.25) is 5.02 Å². The number of amidine groups is 1. The molecule has 0 saturated heterocycles. The van der Waals surface area contributed by atoms with Gasteiger partial charge in [0.2, 0.25) is 11.7 Å². The molecule has 1 aromatic carbocycles. The zero-order valence-corrected chi connectivity index (χ0v) is 12.5. The third kappa shape index (κ3) is 3.22. The van der Waals surface area contributed by atoms with Gasteiger partial charge < -0.3 is 15.7 Å². The molecule has 3 N–H and O–H groups in total. The van der Waals surface area contributed by atoms with E-state index in [1.807, 2.05) is 0 Å². The lowest BCUT2D eigenvalue weighted by molar-refractivity contribution is 0.318. The molecule has 110 valence electrons. The van der Waals surface area contributed by atoms with Crippen LogP contribution in [-0.2, 0) is 0 Å². The van der Waals surface area contributed by atoms with Crippen molar-refractivity contribution in [3.63, 3.8) is 0 Å². The molecule has 0 spiro atoms. The van der Waals surface area contributed by atoms with Crippen LogP contribution in [0.1, 0.15) is 5.56 Å². The van der Waals surface area contributed by atoms with Crippen LogP contribution in [0.4, 0.5) is 8.78 Å². The lowest BCUT2D eigenvalue weighted by Crippen LogP contribution is -2.14. The van der Waals surface area contributed by atoms with Crippen LogP contribution < -0.4 is 10.5 Å². The summed E-state index contributed by atoms with van der Waals surface area (Å²) in [6, 6.07) is 3.54. The monoisotopic (exact) mass is 377 g/mol. The number of pyridine rings is 1. The largest absolute Gasteiger partial charge is 0.434 e. The van der Waals surface area contributed by atoms with E-state index in [1.165, 1.54) is 18.3 Å². The van der Waals surface area contributed by atoms with Crippen molar-refractivity contribution in [3.05, 3.63) is 51.1 Å². The number of ether oxygens (including phenoxy) is 1. The Bertz CT molecular complexity index is 728. The van der Waals surface area contributed by atoms with Crippen LogP contribution in [0.15, 0.2) is 34.0 Å². The van der Waals surface area contributed by atoms with Gasteiger partial charge in [-0.25, -0.2) is 9.37 Å². The minimum Gasteiger partial charge on any atom is -0.434 e. The van der Waals surface area contributed by atoms with E-state index < -0.39 is 17.4 Å². The Morgan fingerprint density at radius 2 is 2.14 bits per heavy atom. The van der Waals surface area contributed by atoms with Gasteiger partial charge in [0, 0.05) is 16.2 Å². The highest BCUT2D eigenvalue weighted by Gasteiger charge is 2.17. The molecule has 0 fully saturated rings. The van der Waals surface area contributed by atoms with Crippen LogP contribution in [0.5, 0.6) is 11.6 Å². The zero-order chi connectivity index (χ0) is 15.6. The van der Waals surface area contributed by atoms with Gasteiger partial charge in [0.25, 0.3) is 0 Å². The molecule has 0 aliphatic heterocycles. The highest BCUT2D eigenvalue weighted by Crippen LogP contribution is 2.33. The molecule has 2 rings (SSSR count). The molecule has 2 aromatic rings. The quantitative estimate of drug-likeness (QED) is 0.281. The number of aromatic nitrogens is 1. The Morgan fingerprint density at radius 3 is 2.81 bits per heavy atom. The summed E-state index contributed by atoms with van der Waals surface area (Å²) in [6.07, 6.45) is 1.26. The van der Waals surface area contributed by atoms with E-state index in [-0.39, 0.29) is 26.8 Å². The van der Waals surface area contributed by atoms with Gasteiger partial charge in [-0.1, -0.05) is 32.7 Å². The summed E-state index contributed by atoms with van der Waals surface area (Å²) in [5.41, 5.74) is 5.57. The molecular formula is C12H7BrClF2N3O2. The Morgan fingerprint density at radius 1 is 1.43 bits per heavy atom. The normalized spacial score (nSPS) is 11.5. The average molecular weight is 379 g/mol. The van der Waals surface area contributed by atoms with Crippen molar-refractivity contribution < 1.29 is 18.7 Å². The first kappa shape index (κ1) is 15.5. The number of halogens is 4. The highest BCUT2D eigenvalue weighted by molar-refractivity contribution is 9.10. The third-order valence-electron chi connectivity index (χ3n) is 2.41. The lowest BCUT2D eigenvalue weighted by atomic mass is 10.2.